The van der Waals surface area contributed by atoms with E-state index in [0.29, 0.717) is 12.8 Å². The van der Waals surface area contributed by atoms with Crippen LogP contribution in [-0.2, 0) is 9.59 Å². The average Bonchev–Trinajstić information content (AvgIpc) is 2.39. The van der Waals surface area contributed by atoms with Gasteiger partial charge in [0, 0.05) is 6.04 Å². The molecule has 0 heterocycles. The SMILES string of the molecule is CCCCC[C@H](C)NC(=O)[C@H]1CCCC[C@@H]1C(=O)O. The van der Waals surface area contributed by atoms with Crippen molar-refractivity contribution in [3.8, 4) is 0 Å². The fraction of sp³-hybridized carbons (Fsp3) is 0.867. The highest BCUT2D eigenvalue weighted by molar-refractivity contribution is 5.85. The first kappa shape index (κ1) is 16.0. The minimum absolute atomic E-state index is 0.0592. The molecular formula is C15H27NO3. The molecule has 4 nitrogen and oxygen atoms in total. The van der Waals surface area contributed by atoms with Gasteiger partial charge in [0.1, 0.15) is 0 Å². The monoisotopic (exact) mass is 269 g/mol. The van der Waals surface area contributed by atoms with Gasteiger partial charge < -0.3 is 10.4 Å². The number of hydrogen-bond donors (Lipinski definition) is 2. The van der Waals surface area contributed by atoms with Gasteiger partial charge in [-0.1, -0.05) is 39.0 Å². The number of carbonyl (C=O) groups excluding carboxylic acids is 1. The molecule has 1 fully saturated rings. The molecule has 0 unspecified atom stereocenters. The smallest absolute Gasteiger partial charge is 0.307 e. The van der Waals surface area contributed by atoms with Crippen molar-refractivity contribution >= 4 is 11.9 Å². The van der Waals surface area contributed by atoms with E-state index in [1.807, 2.05) is 6.92 Å². The third kappa shape index (κ3) is 5.21. The Morgan fingerprint density at radius 1 is 1.21 bits per heavy atom. The summed E-state index contributed by atoms with van der Waals surface area (Å²) < 4.78 is 0. The molecular weight excluding hydrogens is 242 g/mol. The molecule has 0 bridgehead atoms. The third-order valence-corrected chi connectivity index (χ3v) is 4.05. The van der Waals surface area contributed by atoms with Crippen LogP contribution in [-0.4, -0.2) is 23.0 Å². The molecule has 2 N–H and O–H groups in total. The first-order valence-electron chi connectivity index (χ1n) is 7.59. The maximum Gasteiger partial charge on any atom is 0.307 e. The molecule has 4 heteroatoms. The van der Waals surface area contributed by atoms with Gasteiger partial charge in [-0.25, -0.2) is 0 Å². The van der Waals surface area contributed by atoms with E-state index in [1.54, 1.807) is 0 Å². The Kier molecular flexibility index (Phi) is 6.89. The molecule has 0 aromatic heterocycles. The summed E-state index contributed by atoms with van der Waals surface area (Å²) in [5, 5.41) is 12.2. The highest BCUT2D eigenvalue weighted by Gasteiger charge is 2.35. The largest absolute Gasteiger partial charge is 0.481 e. The van der Waals surface area contributed by atoms with E-state index in [-0.39, 0.29) is 17.9 Å². The molecule has 0 aliphatic heterocycles. The molecule has 0 saturated heterocycles. The van der Waals surface area contributed by atoms with Crippen LogP contribution in [0.25, 0.3) is 0 Å². The first-order chi connectivity index (χ1) is 9.06. The van der Waals surface area contributed by atoms with Gasteiger partial charge in [-0.2, -0.15) is 0 Å². The predicted octanol–water partition coefficient (Wildman–Crippen LogP) is 2.96. The zero-order chi connectivity index (χ0) is 14.3. The predicted molar refractivity (Wildman–Crippen MR) is 74.8 cm³/mol. The fourth-order valence-electron chi connectivity index (χ4n) is 2.86. The Bertz CT molecular complexity index is 304. The van der Waals surface area contributed by atoms with E-state index >= 15 is 0 Å². The number of carboxylic acid groups (broad SMARTS) is 1. The molecule has 3 atom stereocenters. The topological polar surface area (TPSA) is 66.4 Å². The molecule has 19 heavy (non-hydrogen) atoms. The van der Waals surface area contributed by atoms with Gasteiger partial charge in [-0.15, -0.1) is 0 Å². The summed E-state index contributed by atoms with van der Waals surface area (Å²) in [6.45, 7) is 4.16. The van der Waals surface area contributed by atoms with Crippen LogP contribution in [0.15, 0.2) is 0 Å². The van der Waals surface area contributed by atoms with Crippen LogP contribution >= 0.6 is 0 Å². The van der Waals surface area contributed by atoms with Gasteiger partial charge in [0.05, 0.1) is 11.8 Å². The van der Waals surface area contributed by atoms with E-state index in [1.165, 1.54) is 12.8 Å². The number of rotatable bonds is 7. The van der Waals surface area contributed by atoms with Gasteiger partial charge in [-0.3, -0.25) is 9.59 Å². The first-order valence-corrected chi connectivity index (χ1v) is 7.59. The molecule has 1 amide bonds. The molecule has 1 aliphatic carbocycles. The van der Waals surface area contributed by atoms with Gasteiger partial charge in [0.15, 0.2) is 0 Å². The third-order valence-electron chi connectivity index (χ3n) is 4.05. The molecule has 1 aliphatic rings. The van der Waals surface area contributed by atoms with Crippen molar-refractivity contribution < 1.29 is 14.7 Å². The van der Waals surface area contributed by atoms with E-state index in [9.17, 15) is 14.7 Å². The minimum Gasteiger partial charge on any atom is -0.481 e. The Labute approximate surface area is 116 Å². The quantitative estimate of drug-likeness (QED) is 0.698. The summed E-state index contributed by atoms with van der Waals surface area (Å²) in [4.78, 5) is 23.4. The van der Waals surface area contributed by atoms with Crippen molar-refractivity contribution in [2.24, 2.45) is 11.8 Å². The van der Waals surface area contributed by atoms with Crippen molar-refractivity contribution in [2.45, 2.75) is 71.3 Å². The van der Waals surface area contributed by atoms with Crippen LogP contribution in [0.4, 0.5) is 0 Å². The van der Waals surface area contributed by atoms with E-state index in [4.69, 9.17) is 0 Å². The molecule has 0 aromatic rings. The van der Waals surface area contributed by atoms with Crippen molar-refractivity contribution in [3.63, 3.8) is 0 Å². The van der Waals surface area contributed by atoms with Gasteiger partial charge in [-0.05, 0) is 26.2 Å². The Morgan fingerprint density at radius 2 is 1.84 bits per heavy atom. The number of hydrogen-bond acceptors (Lipinski definition) is 2. The number of nitrogens with one attached hydrogen (secondary N) is 1. The summed E-state index contributed by atoms with van der Waals surface area (Å²) in [5.41, 5.74) is 0. The summed E-state index contributed by atoms with van der Waals surface area (Å²) in [6.07, 6.45) is 7.68. The highest BCUT2D eigenvalue weighted by Crippen LogP contribution is 2.30. The van der Waals surface area contributed by atoms with Crippen molar-refractivity contribution in [3.05, 3.63) is 0 Å². The number of unbranched alkanes of at least 4 members (excludes halogenated alkanes) is 2. The highest BCUT2D eigenvalue weighted by atomic mass is 16.4. The molecule has 1 rings (SSSR count). The summed E-state index contributed by atoms with van der Waals surface area (Å²) in [7, 11) is 0. The van der Waals surface area contributed by atoms with E-state index < -0.39 is 11.9 Å². The van der Waals surface area contributed by atoms with Crippen molar-refractivity contribution in [1.82, 2.24) is 5.32 Å². The van der Waals surface area contributed by atoms with Gasteiger partial charge in [0.25, 0.3) is 0 Å². The van der Waals surface area contributed by atoms with Crippen LogP contribution in [0, 0.1) is 11.8 Å². The average molecular weight is 269 g/mol. The summed E-state index contributed by atoms with van der Waals surface area (Å²) in [6, 6.07) is 0.149. The van der Waals surface area contributed by atoms with Crippen LogP contribution in [0.1, 0.15) is 65.2 Å². The number of amides is 1. The van der Waals surface area contributed by atoms with E-state index in [0.717, 1.165) is 25.7 Å². The maximum atomic E-state index is 12.2. The van der Waals surface area contributed by atoms with Crippen molar-refractivity contribution in [2.75, 3.05) is 0 Å². The summed E-state index contributed by atoms with van der Waals surface area (Å²) >= 11 is 0. The maximum absolute atomic E-state index is 12.2. The van der Waals surface area contributed by atoms with Gasteiger partial charge in [0.2, 0.25) is 5.91 Å². The van der Waals surface area contributed by atoms with E-state index in [2.05, 4.69) is 12.2 Å². The standard InChI is InChI=1S/C15H27NO3/c1-3-4-5-8-11(2)16-14(17)12-9-6-7-10-13(12)15(18)19/h11-13H,3-10H2,1-2H3,(H,16,17)(H,18,19)/t11-,12-,13-/m0/s1. The van der Waals surface area contributed by atoms with Crippen molar-refractivity contribution in [1.29, 1.82) is 0 Å². The lowest BCUT2D eigenvalue weighted by molar-refractivity contribution is -0.149. The Balaban J connectivity index is 2.43. The zero-order valence-corrected chi connectivity index (χ0v) is 12.2. The lowest BCUT2D eigenvalue weighted by Gasteiger charge is -2.28. The van der Waals surface area contributed by atoms with Crippen LogP contribution in [0.3, 0.4) is 0 Å². The van der Waals surface area contributed by atoms with Crippen LogP contribution < -0.4 is 5.32 Å². The van der Waals surface area contributed by atoms with Gasteiger partial charge >= 0.3 is 5.97 Å². The number of carbonyl (C=O) groups is 2. The lowest BCUT2D eigenvalue weighted by atomic mass is 9.78. The summed E-state index contributed by atoms with van der Waals surface area (Å²) in [5.74, 6) is -1.70. The lowest BCUT2D eigenvalue weighted by Crippen LogP contribution is -2.43. The second kappa shape index (κ2) is 8.18. The zero-order valence-electron chi connectivity index (χ0n) is 12.2. The fourth-order valence-corrected chi connectivity index (χ4v) is 2.86. The Hall–Kier alpha value is -1.06. The molecule has 110 valence electrons. The van der Waals surface area contributed by atoms with Crippen LogP contribution in [0.5, 0.6) is 0 Å². The molecule has 0 spiro atoms. The minimum atomic E-state index is -0.821. The number of aliphatic carboxylic acids is 1. The van der Waals surface area contributed by atoms with Crippen LogP contribution in [0.2, 0.25) is 0 Å². The Morgan fingerprint density at radius 3 is 2.42 bits per heavy atom. The second-order valence-corrected chi connectivity index (χ2v) is 5.74. The second-order valence-electron chi connectivity index (χ2n) is 5.74. The number of carboxylic acids is 1. The molecule has 0 radical (unpaired) electrons. The normalized spacial score (nSPS) is 24.7. The molecule has 0 aromatic carbocycles. The molecule has 1 saturated carbocycles.